The van der Waals surface area contributed by atoms with E-state index in [2.05, 4.69) is 113 Å². The number of H-pyrrole nitrogens is 4. The van der Waals surface area contributed by atoms with Gasteiger partial charge in [0.15, 0.2) is 46.5 Å². The minimum Gasteiger partial charge on any atom is -0.364 e. The van der Waals surface area contributed by atoms with E-state index in [1.807, 2.05) is 54.6 Å². The molecule has 28 heteroatoms. The van der Waals surface area contributed by atoms with E-state index in [9.17, 15) is 17.6 Å². The van der Waals surface area contributed by atoms with Crippen LogP contribution in [0.3, 0.4) is 0 Å². The van der Waals surface area contributed by atoms with Crippen LogP contribution >= 0.6 is 0 Å². The number of nitrogens with one attached hydrogen (secondary N) is 8. The molecule has 12 heterocycles. The van der Waals surface area contributed by atoms with E-state index in [4.69, 9.17) is 41.2 Å². The van der Waals surface area contributed by atoms with Crippen LogP contribution in [0.1, 0.15) is 155 Å². The van der Waals surface area contributed by atoms with Gasteiger partial charge in [0.1, 0.15) is 45.9 Å². The van der Waals surface area contributed by atoms with Crippen LogP contribution in [0.15, 0.2) is 165 Å². The number of nitrogens with zero attached hydrogens (tertiary/aromatic N) is 12. The summed E-state index contributed by atoms with van der Waals surface area (Å²) in [5, 5.41) is 15.9. The molecule has 4 unspecified atom stereocenters. The van der Waals surface area contributed by atoms with Crippen molar-refractivity contribution >= 4 is 90.2 Å². The average Bonchev–Trinajstić information content (AvgIpc) is 1.70. The first kappa shape index (κ1) is 89.2. The van der Waals surface area contributed by atoms with Crippen molar-refractivity contribution in [2.75, 3.05) is 21.3 Å². The zero-order valence-corrected chi connectivity index (χ0v) is 76.0. The summed E-state index contributed by atoms with van der Waals surface area (Å²) >= 11 is 0. The highest BCUT2D eigenvalue weighted by Crippen LogP contribution is 2.57. The first-order valence-corrected chi connectivity index (χ1v) is 47.9. The van der Waals surface area contributed by atoms with E-state index in [0.717, 1.165) is 76.2 Å². The summed E-state index contributed by atoms with van der Waals surface area (Å²) in [5.74, 6) is 3.09. The highest BCUT2D eigenvalue weighted by Gasteiger charge is 2.47. The summed E-state index contributed by atoms with van der Waals surface area (Å²) in [6.45, 7) is 40.6. The molecule has 13 aliphatic rings. The molecule has 15 aromatic rings. The summed E-state index contributed by atoms with van der Waals surface area (Å²) in [6.07, 6.45) is 32.0. The molecule has 137 heavy (non-hydrogen) atoms. The fourth-order valence-corrected chi connectivity index (χ4v) is 24.5. The number of anilines is 4. The number of hydrogen-bond acceptors (Lipinski definition) is 12. The van der Waals surface area contributed by atoms with Crippen LogP contribution < -0.4 is 21.3 Å². The lowest BCUT2D eigenvalue weighted by Crippen LogP contribution is -2.47. The monoisotopic (exact) mass is 1840 g/mol. The largest absolute Gasteiger partial charge is 0.364 e. The van der Waals surface area contributed by atoms with Gasteiger partial charge in [-0.15, -0.1) is 0 Å². The van der Waals surface area contributed by atoms with E-state index in [0.29, 0.717) is 182 Å². The lowest BCUT2D eigenvalue weighted by Gasteiger charge is -2.47. The predicted molar refractivity (Wildman–Crippen MR) is 518 cm³/mol. The summed E-state index contributed by atoms with van der Waals surface area (Å²) < 4.78 is 121. The van der Waals surface area contributed by atoms with Gasteiger partial charge in [-0.25, -0.2) is 94.4 Å². The van der Waals surface area contributed by atoms with Crippen molar-refractivity contribution in [1.82, 2.24) is 59.8 Å². The molecule has 13 aliphatic carbocycles. The Morgan fingerprint density at radius 2 is 0.518 bits per heavy atom. The highest BCUT2D eigenvalue weighted by molar-refractivity contribution is 6.04. The van der Waals surface area contributed by atoms with Crippen molar-refractivity contribution in [2.24, 2.45) is 71.0 Å². The van der Waals surface area contributed by atoms with Gasteiger partial charge in [-0.05, 0) is 233 Å². The lowest BCUT2D eigenvalue weighted by atomic mass is 9.62. The molecule has 0 aliphatic heterocycles. The van der Waals surface area contributed by atoms with Gasteiger partial charge in [0.25, 0.3) is 0 Å². The molecule has 0 saturated heterocycles. The molecule has 0 amide bonds. The van der Waals surface area contributed by atoms with Gasteiger partial charge in [0.2, 0.25) is 22.7 Å². The first-order valence-electron chi connectivity index (χ1n) is 47.9. The molecule has 12 aromatic heterocycles. The van der Waals surface area contributed by atoms with E-state index in [-0.39, 0.29) is 98.6 Å². The molecule has 20 nitrogen and oxygen atoms in total. The van der Waals surface area contributed by atoms with E-state index in [1.165, 1.54) is 88.5 Å². The maximum Gasteiger partial charge on any atom is 0.223 e. The number of fused-ring (bicyclic) bond motifs is 16. The Balaban J connectivity index is 0.000000109. The number of aromatic nitrogens is 12. The fourth-order valence-electron chi connectivity index (χ4n) is 24.5. The van der Waals surface area contributed by atoms with E-state index in [1.54, 1.807) is 61.2 Å². The van der Waals surface area contributed by atoms with Crippen molar-refractivity contribution in [2.45, 2.75) is 173 Å². The molecule has 8 bridgehead atoms. The number of aromatic amines is 4. The second-order valence-corrected chi connectivity index (χ2v) is 39.1. The summed E-state index contributed by atoms with van der Waals surface area (Å²) in [6, 6.07) is 33.3. The second kappa shape index (κ2) is 37.0. The first-order chi connectivity index (χ1) is 66.7. The van der Waals surface area contributed by atoms with E-state index < -0.39 is 40.7 Å². The van der Waals surface area contributed by atoms with Crippen LogP contribution in [0.4, 0.5) is 81.1 Å². The van der Waals surface area contributed by atoms with E-state index >= 15 is 17.6 Å². The Labute approximate surface area is 787 Å². The molecule has 8 N–H and O–H groups in total. The third-order valence-corrected chi connectivity index (χ3v) is 31.9. The third kappa shape index (κ3) is 16.5. The van der Waals surface area contributed by atoms with Crippen LogP contribution in [0, 0.1) is 144 Å². The summed E-state index contributed by atoms with van der Waals surface area (Å²) in [7, 11) is 0. The Morgan fingerprint density at radius 1 is 0.292 bits per heavy atom. The zero-order chi connectivity index (χ0) is 94.3. The standard InChI is InChI=1S/3C28H25F2N5.C25H25F2N5/c3*1-15-16-8-10-18(11-9-16)24(15)34-28-23(30)22(17-6-4-3-5-7-17)26(31-2)25(35-28)21-14-33-27-20(21)12-19(29)13-32-27;1-12-13-3-7-15(8-4-13)21(12)31-25-20(27)19(14-5-6-14)23(28-2)22(32-25)18-11-30-24-17(18)9-16(26)10-29-24/h3*3-7,12-16,18,24H,8-11H2,1H3,(H,32,33)(H,34,35);9-15,21H,3-8H2,1H3,(H,29,30)(H,31,32)/t2*15-,16?,18?,24+;;/m10../s1. The lowest BCUT2D eigenvalue weighted by molar-refractivity contribution is 0.0926. The number of pyridine rings is 8. The number of rotatable bonds is 16. The van der Waals surface area contributed by atoms with Crippen molar-refractivity contribution in [3.05, 3.63) is 263 Å². The van der Waals surface area contributed by atoms with Gasteiger partial charge in [-0.2, -0.15) is 0 Å². The molecule has 692 valence electrons. The second-order valence-electron chi connectivity index (χ2n) is 39.1. The zero-order valence-electron chi connectivity index (χ0n) is 76.0. The quantitative estimate of drug-likeness (QED) is 0.0334. The van der Waals surface area contributed by atoms with Crippen molar-refractivity contribution in [1.29, 1.82) is 0 Å². The van der Waals surface area contributed by atoms with Crippen LogP contribution in [0.25, 0.3) is 142 Å². The van der Waals surface area contributed by atoms with Crippen molar-refractivity contribution in [3.8, 4) is 78.4 Å². The molecule has 0 spiro atoms. The maximum atomic E-state index is 16.2. The number of benzene rings is 3. The Kier molecular flexibility index (Phi) is 24.1. The van der Waals surface area contributed by atoms with Crippen LogP contribution in [-0.2, 0) is 0 Å². The normalized spacial score (nSPS) is 24.2. The van der Waals surface area contributed by atoms with Gasteiger partial charge in [0, 0.05) is 115 Å². The van der Waals surface area contributed by atoms with Crippen LogP contribution in [0.2, 0.25) is 0 Å². The van der Waals surface area contributed by atoms with Crippen LogP contribution in [0.5, 0.6) is 0 Å². The predicted octanol–water partition coefficient (Wildman–Crippen LogP) is 28.6. The van der Waals surface area contributed by atoms with Gasteiger partial charge < -0.3 is 41.2 Å². The summed E-state index contributed by atoms with van der Waals surface area (Å²) in [4.78, 5) is 62.2. The maximum absolute atomic E-state index is 16.2. The average molecular weight is 1840 g/mol. The van der Waals surface area contributed by atoms with Crippen molar-refractivity contribution in [3.63, 3.8) is 0 Å². The van der Waals surface area contributed by atoms with Gasteiger partial charge in [-0.3, -0.25) is 0 Å². The molecule has 13 saturated carbocycles. The van der Waals surface area contributed by atoms with Crippen LogP contribution in [-0.4, -0.2) is 84.0 Å². The number of hydrogen-bond donors (Lipinski definition) is 8. The number of halogens is 8. The minimum atomic E-state index is -0.524. The Bertz CT molecular complexity index is 6780. The molecular formula is C109H100F8N20. The highest BCUT2D eigenvalue weighted by atomic mass is 19.2. The molecule has 3 aromatic carbocycles. The van der Waals surface area contributed by atoms with Gasteiger partial charge >= 0.3 is 0 Å². The molecule has 13 fully saturated rings. The molecular weight excluding hydrogens is 1740 g/mol. The van der Waals surface area contributed by atoms with Gasteiger partial charge in [0.05, 0.1) is 73.9 Å². The fraction of sp³-hybridized carbons (Fsp3) is 0.358. The molecule has 0 radical (unpaired) electrons. The Hall–Kier alpha value is -14.4. The molecule has 28 rings (SSSR count). The Morgan fingerprint density at radius 3 is 0.745 bits per heavy atom. The SMILES string of the molecule is [C-]#[N+]c1c(-c2c[nH]c3ncc(F)cc23)nc(NC2C3CCC(CC3)C2C)c(F)c1-c1ccccc1.[C-]#[N+]c1c(-c2c[nH]c3ncc(F)cc23)nc(NC2C3CCC(CC3)C2C)c(F)c1C1CC1.[C-]#[N+]c1c(-c2c[nH]c3ncc(F)cc23)nc(N[C@@H]2C3CCC(CC3)[C@H]2C)c(F)c1-c1ccccc1.[C-]#[N+]c1c(-c2c[nH]c3ncc(F)cc23)nc(N[C@H]2C3CCC(CC3)[C@@H]2C)c(F)c1-c1ccccc1. The smallest absolute Gasteiger partial charge is 0.223 e. The topological polar surface area (TPSA) is 232 Å². The summed E-state index contributed by atoms with van der Waals surface area (Å²) in [5.41, 5.74) is 8.90. The van der Waals surface area contributed by atoms with Crippen molar-refractivity contribution < 1.29 is 35.1 Å². The molecule has 8 atom stereocenters. The minimum absolute atomic E-state index is 0.0432. The third-order valence-electron chi connectivity index (χ3n) is 31.9. The van der Waals surface area contributed by atoms with Gasteiger partial charge in [-0.1, -0.05) is 119 Å².